The Balaban J connectivity index is 2.10. The Labute approximate surface area is 193 Å². The number of nitrogens with zero attached hydrogens (tertiary/aromatic N) is 1. The normalized spacial score (nSPS) is 11.7. The van der Waals surface area contributed by atoms with Crippen molar-refractivity contribution in [3.63, 3.8) is 0 Å². The van der Waals surface area contributed by atoms with Crippen molar-refractivity contribution in [3.05, 3.63) is 70.5 Å². The fraction of sp³-hybridized carbons (Fsp3) is 0.417. The summed E-state index contributed by atoms with van der Waals surface area (Å²) in [5, 5.41) is 3.61. The van der Waals surface area contributed by atoms with Crippen molar-refractivity contribution in [1.82, 2.24) is 10.2 Å². The monoisotopic (exact) mass is 464 g/mol. The number of hydrogen-bond acceptors (Lipinski definition) is 3. The summed E-state index contributed by atoms with van der Waals surface area (Å²) in [6.45, 7) is 4.80. The van der Waals surface area contributed by atoms with E-state index >= 15 is 0 Å². The number of carbonyl (C=O) groups is 2. The third-order valence-corrected chi connectivity index (χ3v) is 6.26. The van der Waals surface area contributed by atoms with Crippen LogP contribution in [0, 0.1) is 5.82 Å². The summed E-state index contributed by atoms with van der Waals surface area (Å²) in [6, 6.07) is 13.0. The molecule has 0 bridgehead atoms. The van der Waals surface area contributed by atoms with Gasteiger partial charge >= 0.3 is 0 Å². The first-order valence-corrected chi connectivity index (χ1v) is 12.1. The van der Waals surface area contributed by atoms with Crippen LogP contribution in [-0.4, -0.2) is 35.1 Å². The van der Waals surface area contributed by atoms with Gasteiger partial charge < -0.3 is 10.2 Å². The highest BCUT2D eigenvalue weighted by Gasteiger charge is 2.28. The van der Waals surface area contributed by atoms with Crippen molar-refractivity contribution in [3.8, 4) is 0 Å². The zero-order valence-electron chi connectivity index (χ0n) is 18.1. The molecule has 4 nitrogen and oxygen atoms in total. The minimum Gasteiger partial charge on any atom is -0.354 e. The van der Waals surface area contributed by atoms with Crippen LogP contribution in [0.25, 0.3) is 0 Å². The largest absolute Gasteiger partial charge is 0.354 e. The molecule has 0 fully saturated rings. The van der Waals surface area contributed by atoms with Crippen molar-refractivity contribution in [1.29, 1.82) is 0 Å². The highest BCUT2D eigenvalue weighted by molar-refractivity contribution is 7.99. The van der Waals surface area contributed by atoms with E-state index in [9.17, 15) is 14.0 Å². The van der Waals surface area contributed by atoms with E-state index < -0.39 is 6.04 Å². The number of thioether (sulfide) groups is 1. The maximum atomic E-state index is 13.3. The highest BCUT2D eigenvalue weighted by atomic mass is 35.5. The van der Waals surface area contributed by atoms with E-state index in [0.29, 0.717) is 23.7 Å². The van der Waals surface area contributed by atoms with Gasteiger partial charge in [0.25, 0.3) is 0 Å². The first-order chi connectivity index (χ1) is 15.0. The van der Waals surface area contributed by atoms with E-state index in [4.69, 9.17) is 11.6 Å². The van der Waals surface area contributed by atoms with E-state index in [1.54, 1.807) is 17.0 Å². The zero-order valence-corrected chi connectivity index (χ0v) is 19.6. The van der Waals surface area contributed by atoms with E-state index in [2.05, 4.69) is 12.2 Å². The van der Waals surface area contributed by atoms with E-state index in [1.807, 2.05) is 31.2 Å². The summed E-state index contributed by atoms with van der Waals surface area (Å²) >= 11 is 7.67. The van der Waals surface area contributed by atoms with Crippen LogP contribution in [0.5, 0.6) is 0 Å². The Morgan fingerprint density at radius 3 is 2.48 bits per heavy atom. The average Bonchev–Trinajstić information content (AvgIpc) is 2.76. The number of amides is 2. The molecule has 0 aliphatic rings. The van der Waals surface area contributed by atoms with Gasteiger partial charge in [-0.3, -0.25) is 9.59 Å². The minimum atomic E-state index is -0.574. The van der Waals surface area contributed by atoms with Crippen LogP contribution < -0.4 is 5.32 Å². The topological polar surface area (TPSA) is 49.4 Å². The molecule has 1 N–H and O–H groups in total. The lowest BCUT2D eigenvalue weighted by molar-refractivity contribution is -0.139. The molecule has 168 valence electrons. The Bertz CT molecular complexity index is 848. The molecule has 0 saturated carbocycles. The summed E-state index contributed by atoms with van der Waals surface area (Å²) in [5.74, 6) is 0.225. The molecule has 2 aromatic rings. The fourth-order valence-electron chi connectivity index (χ4n) is 3.16. The first-order valence-electron chi connectivity index (χ1n) is 10.6. The molecule has 31 heavy (non-hydrogen) atoms. The van der Waals surface area contributed by atoms with Crippen molar-refractivity contribution >= 4 is 35.2 Å². The molecule has 0 heterocycles. The van der Waals surface area contributed by atoms with E-state index in [-0.39, 0.29) is 29.9 Å². The Kier molecular flexibility index (Phi) is 10.9. The molecule has 0 aliphatic heterocycles. The van der Waals surface area contributed by atoms with Gasteiger partial charge in [0.2, 0.25) is 11.8 Å². The molecule has 2 amide bonds. The Morgan fingerprint density at radius 1 is 1.13 bits per heavy atom. The molecular weight excluding hydrogens is 435 g/mol. The number of unbranched alkanes of at least 4 members (excludes halogenated alkanes) is 1. The van der Waals surface area contributed by atoms with Crippen LogP contribution in [0.15, 0.2) is 48.5 Å². The second kappa shape index (κ2) is 13.4. The second-order valence-electron chi connectivity index (χ2n) is 7.30. The van der Waals surface area contributed by atoms with Gasteiger partial charge in [-0.05, 0) is 42.2 Å². The summed E-state index contributed by atoms with van der Waals surface area (Å²) < 4.78 is 13.3. The number of hydrogen-bond donors (Lipinski definition) is 1. The lowest BCUT2D eigenvalue weighted by Gasteiger charge is -2.30. The molecule has 0 aromatic heterocycles. The van der Waals surface area contributed by atoms with Gasteiger partial charge in [0.05, 0.1) is 5.75 Å². The number of halogens is 2. The van der Waals surface area contributed by atoms with Crippen LogP contribution in [0.2, 0.25) is 5.02 Å². The standard InChI is InChI=1S/C24H30ClFN2O2S/c1-3-5-14-27-24(30)22(4-2)28(15-18-10-12-20(26)13-11-18)23(29)17-31-16-19-8-6-7-9-21(19)25/h6-13,22H,3-5,14-17H2,1-2H3,(H,27,30)/t22-/m1/s1. The van der Waals surface area contributed by atoms with Crippen molar-refractivity contribution in [2.24, 2.45) is 0 Å². The van der Waals surface area contributed by atoms with Crippen molar-refractivity contribution in [2.75, 3.05) is 12.3 Å². The summed E-state index contributed by atoms with van der Waals surface area (Å²) in [6.07, 6.45) is 2.37. The SMILES string of the molecule is CCCCNC(=O)[C@@H](CC)N(Cc1ccc(F)cc1)C(=O)CSCc1ccccc1Cl. The maximum Gasteiger partial charge on any atom is 0.242 e. The minimum absolute atomic E-state index is 0.126. The second-order valence-corrected chi connectivity index (χ2v) is 8.69. The van der Waals surface area contributed by atoms with Gasteiger partial charge in [0.15, 0.2) is 0 Å². The predicted octanol–water partition coefficient (Wildman–Crippen LogP) is 5.44. The third-order valence-electron chi connectivity index (χ3n) is 4.92. The summed E-state index contributed by atoms with van der Waals surface area (Å²) in [5.41, 5.74) is 1.75. The van der Waals surface area contributed by atoms with E-state index in [1.165, 1.54) is 23.9 Å². The van der Waals surface area contributed by atoms with Crippen LogP contribution in [0.3, 0.4) is 0 Å². The number of rotatable bonds is 12. The molecule has 0 unspecified atom stereocenters. The number of benzene rings is 2. The lowest BCUT2D eigenvalue weighted by atomic mass is 10.1. The molecule has 7 heteroatoms. The van der Waals surface area contributed by atoms with Crippen molar-refractivity contribution < 1.29 is 14.0 Å². The lowest BCUT2D eigenvalue weighted by Crippen LogP contribution is -2.49. The Morgan fingerprint density at radius 2 is 1.84 bits per heavy atom. The zero-order chi connectivity index (χ0) is 22.6. The summed E-state index contributed by atoms with van der Waals surface area (Å²) in [4.78, 5) is 27.5. The fourth-order valence-corrected chi connectivity index (χ4v) is 4.35. The van der Waals surface area contributed by atoms with Crippen LogP contribution >= 0.6 is 23.4 Å². The summed E-state index contributed by atoms with van der Waals surface area (Å²) in [7, 11) is 0. The number of carbonyl (C=O) groups excluding carboxylic acids is 2. The Hall–Kier alpha value is -2.05. The highest BCUT2D eigenvalue weighted by Crippen LogP contribution is 2.22. The smallest absolute Gasteiger partial charge is 0.242 e. The quantitative estimate of drug-likeness (QED) is 0.426. The first kappa shape index (κ1) is 25.2. The molecule has 0 radical (unpaired) electrons. The van der Waals surface area contributed by atoms with Gasteiger partial charge in [-0.2, -0.15) is 0 Å². The van der Waals surface area contributed by atoms with Gasteiger partial charge in [-0.25, -0.2) is 4.39 Å². The molecule has 0 saturated heterocycles. The van der Waals surface area contributed by atoms with Gasteiger partial charge in [-0.15, -0.1) is 11.8 Å². The average molecular weight is 465 g/mol. The molecular formula is C24H30ClFN2O2S. The third kappa shape index (κ3) is 8.19. The van der Waals surface area contributed by atoms with Gasteiger partial charge in [0, 0.05) is 23.9 Å². The van der Waals surface area contributed by atoms with Gasteiger partial charge in [-0.1, -0.05) is 62.2 Å². The molecule has 0 spiro atoms. The van der Waals surface area contributed by atoms with Crippen LogP contribution in [0.1, 0.15) is 44.2 Å². The molecule has 2 rings (SSSR count). The van der Waals surface area contributed by atoms with Crippen molar-refractivity contribution in [2.45, 2.75) is 51.4 Å². The number of nitrogens with one attached hydrogen (secondary N) is 1. The molecule has 0 aliphatic carbocycles. The van der Waals surface area contributed by atoms with Gasteiger partial charge in [0.1, 0.15) is 11.9 Å². The molecule has 2 aromatic carbocycles. The van der Waals surface area contributed by atoms with E-state index in [0.717, 1.165) is 24.0 Å². The predicted molar refractivity (Wildman–Crippen MR) is 127 cm³/mol. The molecule has 1 atom stereocenters. The van der Waals surface area contributed by atoms with Crippen LogP contribution in [0.4, 0.5) is 4.39 Å². The van der Waals surface area contributed by atoms with Crippen LogP contribution in [-0.2, 0) is 21.9 Å². The maximum absolute atomic E-state index is 13.3.